The molecule has 0 unspecified atom stereocenters. The van der Waals surface area contributed by atoms with Crippen LogP contribution in [0.5, 0.6) is 0 Å². The Morgan fingerprint density at radius 1 is 1.00 bits per heavy atom. The zero-order valence-electron chi connectivity index (χ0n) is 12.3. The summed E-state index contributed by atoms with van der Waals surface area (Å²) in [6, 6.07) is 13.1. The normalized spacial score (nSPS) is 11.5. The van der Waals surface area contributed by atoms with Crippen LogP contribution in [-0.4, -0.2) is 13.4 Å². The number of aromatic nitrogens is 1. The highest BCUT2D eigenvalue weighted by atomic mass is 32.2. The van der Waals surface area contributed by atoms with Crippen molar-refractivity contribution in [1.29, 1.82) is 0 Å². The summed E-state index contributed by atoms with van der Waals surface area (Å²) in [5, 5.41) is 4.05. The van der Waals surface area contributed by atoms with Crippen LogP contribution in [-0.2, 0) is 22.3 Å². The van der Waals surface area contributed by atoms with Gasteiger partial charge in [0.25, 0.3) is 0 Å². The molecule has 0 aliphatic carbocycles. The SMILES string of the molecule is O=S(=O)(Cc1ccccc1)NCc1cncc(-c2ccsc2)c1. The molecule has 0 aliphatic rings. The number of sulfonamides is 1. The summed E-state index contributed by atoms with van der Waals surface area (Å²) in [6.07, 6.45) is 3.46. The van der Waals surface area contributed by atoms with Gasteiger partial charge in [0, 0.05) is 24.5 Å². The Kier molecular flexibility index (Phi) is 4.85. The summed E-state index contributed by atoms with van der Waals surface area (Å²) >= 11 is 1.62. The van der Waals surface area contributed by atoms with E-state index in [9.17, 15) is 8.42 Å². The first-order chi connectivity index (χ1) is 11.1. The lowest BCUT2D eigenvalue weighted by Crippen LogP contribution is -2.24. The average molecular weight is 344 g/mol. The van der Waals surface area contributed by atoms with Gasteiger partial charge in [0.2, 0.25) is 10.0 Å². The molecule has 0 fully saturated rings. The number of thiophene rings is 1. The van der Waals surface area contributed by atoms with Crippen LogP contribution in [0.15, 0.2) is 65.6 Å². The first-order valence-electron chi connectivity index (χ1n) is 7.10. The van der Waals surface area contributed by atoms with Crippen molar-refractivity contribution in [3.8, 4) is 11.1 Å². The molecule has 3 rings (SSSR count). The van der Waals surface area contributed by atoms with Crippen molar-refractivity contribution in [2.75, 3.05) is 0 Å². The minimum absolute atomic E-state index is 0.0223. The molecule has 0 saturated heterocycles. The molecular weight excluding hydrogens is 328 g/mol. The van der Waals surface area contributed by atoms with E-state index in [4.69, 9.17) is 0 Å². The largest absolute Gasteiger partial charge is 0.264 e. The molecule has 0 atom stereocenters. The van der Waals surface area contributed by atoms with Crippen LogP contribution in [0.2, 0.25) is 0 Å². The molecule has 2 aromatic heterocycles. The molecule has 4 nitrogen and oxygen atoms in total. The van der Waals surface area contributed by atoms with E-state index >= 15 is 0 Å². The average Bonchev–Trinajstić information content (AvgIpc) is 3.08. The van der Waals surface area contributed by atoms with Gasteiger partial charge in [0.15, 0.2) is 0 Å². The summed E-state index contributed by atoms with van der Waals surface area (Å²) in [7, 11) is -3.38. The number of nitrogens with zero attached hydrogens (tertiary/aromatic N) is 1. The molecule has 0 saturated carbocycles. The van der Waals surface area contributed by atoms with Gasteiger partial charge >= 0.3 is 0 Å². The standard InChI is InChI=1S/C17H16N2O2S2/c20-23(21,13-14-4-2-1-3-5-14)19-10-15-8-17(11-18-9-15)16-6-7-22-12-16/h1-9,11-12,19H,10,13H2. The van der Waals surface area contributed by atoms with Gasteiger partial charge in [-0.15, -0.1) is 0 Å². The second kappa shape index (κ2) is 7.04. The summed E-state index contributed by atoms with van der Waals surface area (Å²) in [4.78, 5) is 4.20. The fraction of sp³-hybridized carbons (Fsp3) is 0.118. The highest BCUT2D eigenvalue weighted by Gasteiger charge is 2.11. The molecule has 118 valence electrons. The van der Waals surface area contributed by atoms with Crippen molar-refractivity contribution in [3.63, 3.8) is 0 Å². The van der Waals surface area contributed by atoms with Crippen LogP contribution in [0.4, 0.5) is 0 Å². The van der Waals surface area contributed by atoms with Crippen molar-refractivity contribution < 1.29 is 8.42 Å². The third kappa shape index (κ3) is 4.48. The molecule has 2 heterocycles. The Morgan fingerprint density at radius 3 is 2.57 bits per heavy atom. The van der Waals surface area contributed by atoms with Crippen molar-refractivity contribution in [1.82, 2.24) is 9.71 Å². The topological polar surface area (TPSA) is 59.1 Å². The van der Waals surface area contributed by atoms with E-state index in [-0.39, 0.29) is 12.3 Å². The summed E-state index contributed by atoms with van der Waals surface area (Å²) in [5.74, 6) is -0.0223. The number of hydrogen-bond acceptors (Lipinski definition) is 4. The first kappa shape index (κ1) is 15.9. The number of nitrogens with one attached hydrogen (secondary N) is 1. The van der Waals surface area contributed by atoms with Gasteiger partial charge in [0.1, 0.15) is 0 Å². The smallest absolute Gasteiger partial charge is 0.216 e. The third-order valence-electron chi connectivity index (χ3n) is 3.35. The van der Waals surface area contributed by atoms with Crippen molar-refractivity contribution >= 4 is 21.4 Å². The first-order valence-corrected chi connectivity index (χ1v) is 9.70. The number of hydrogen-bond donors (Lipinski definition) is 1. The van der Waals surface area contributed by atoms with E-state index in [1.165, 1.54) is 0 Å². The van der Waals surface area contributed by atoms with Crippen LogP contribution in [0.3, 0.4) is 0 Å². The maximum atomic E-state index is 12.2. The van der Waals surface area contributed by atoms with Crippen molar-refractivity contribution in [2.45, 2.75) is 12.3 Å². The quantitative estimate of drug-likeness (QED) is 0.745. The van der Waals surface area contributed by atoms with E-state index in [0.717, 1.165) is 22.3 Å². The lowest BCUT2D eigenvalue weighted by molar-refractivity contribution is 0.580. The molecule has 23 heavy (non-hydrogen) atoms. The fourth-order valence-corrected chi connectivity index (χ4v) is 3.99. The van der Waals surface area contributed by atoms with E-state index in [1.807, 2.05) is 41.1 Å². The van der Waals surface area contributed by atoms with E-state index in [2.05, 4.69) is 9.71 Å². The van der Waals surface area contributed by atoms with Crippen LogP contribution in [0, 0.1) is 0 Å². The summed E-state index contributed by atoms with van der Waals surface area (Å²) in [5.41, 5.74) is 3.69. The predicted octanol–water partition coefficient (Wildman–Crippen LogP) is 3.43. The monoisotopic (exact) mass is 344 g/mol. The molecule has 0 bridgehead atoms. The van der Waals surface area contributed by atoms with Crippen molar-refractivity contribution in [3.05, 3.63) is 76.7 Å². The van der Waals surface area contributed by atoms with Crippen LogP contribution >= 0.6 is 11.3 Å². The molecule has 0 amide bonds. The van der Waals surface area contributed by atoms with Crippen LogP contribution in [0.1, 0.15) is 11.1 Å². The lowest BCUT2D eigenvalue weighted by Gasteiger charge is -2.08. The molecule has 0 radical (unpaired) electrons. The predicted molar refractivity (Wildman–Crippen MR) is 93.5 cm³/mol. The minimum Gasteiger partial charge on any atom is -0.264 e. The van der Waals surface area contributed by atoms with Gasteiger partial charge in [0.05, 0.1) is 5.75 Å². The highest BCUT2D eigenvalue weighted by molar-refractivity contribution is 7.88. The van der Waals surface area contributed by atoms with Gasteiger partial charge in [-0.3, -0.25) is 4.98 Å². The zero-order chi connectivity index (χ0) is 16.1. The molecule has 0 spiro atoms. The van der Waals surface area contributed by atoms with E-state index in [1.54, 1.807) is 35.9 Å². The maximum absolute atomic E-state index is 12.2. The Balaban J connectivity index is 1.67. The molecule has 6 heteroatoms. The molecular formula is C17H16N2O2S2. The zero-order valence-corrected chi connectivity index (χ0v) is 14.0. The second-order valence-corrected chi connectivity index (χ2v) is 7.75. The number of rotatable bonds is 6. The molecule has 0 aliphatic heterocycles. The molecule has 1 aromatic carbocycles. The lowest BCUT2D eigenvalue weighted by atomic mass is 10.1. The molecule has 3 aromatic rings. The van der Waals surface area contributed by atoms with E-state index in [0.29, 0.717) is 0 Å². The summed E-state index contributed by atoms with van der Waals surface area (Å²) < 4.78 is 26.9. The van der Waals surface area contributed by atoms with Crippen molar-refractivity contribution in [2.24, 2.45) is 0 Å². The van der Waals surface area contributed by atoms with Gasteiger partial charge < -0.3 is 0 Å². The van der Waals surface area contributed by atoms with Crippen LogP contribution in [0.25, 0.3) is 11.1 Å². The number of pyridine rings is 1. The third-order valence-corrected chi connectivity index (χ3v) is 5.33. The minimum atomic E-state index is -3.38. The van der Waals surface area contributed by atoms with Gasteiger partial charge in [-0.25, -0.2) is 13.1 Å². The Morgan fingerprint density at radius 2 is 1.83 bits per heavy atom. The maximum Gasteiger partial charge on any atom is 0.216 e. The van der Waals surface area contributed by atoms with Crippen LogP contribution < -0.4 is 4.72 Å². The Labute approximate surface area is 139 Å². The van der Waals surface area contributed by atoms with Gasteiger partial charge in [-0.1, -0.05) is 30.3 Å². The molecule has 1 N–H and O–H groups in total. The van der Waals surface area contributed by atoms with E-state index < -0.39 is 10.0 Å². The summed E-state index contributed by atoms with van der Waals surface area (Å²) in [6.45, 7) is 0.236. The number of benzene rings is 1. The van der Waals surface area contributed by atoms with Gasteiger partial charge in [-0.2, -0.15) is 11.3 Å². The fourth-order valence-electron chi connectivity index (χ4n) is 2.21. The second-order valence-electron chi connectivity index (χ2n) is 5.16. The highest BCUT2D eigenvalue weighted by Crippen LogP contribution is 2.22. The Bertz CT molecular complexity index is 861. The Hall–Kier alpha value is -2.02. The van der Waals surface area contributed by atoms with Gasteiger partial charge in [-0.05, 0) is 39.6 Å².